The lowest BCUT2D eigenvalue weighted by Gasteiger charge is -2.30. The number of rotatable bonds is 6. The largest absolute Gasteiger partial charge is 0.481 e. The van der Waals surface area contributed by atoms with Gasteiger partial charge in [-0.25, -0.2) is 0 Å². The summed E-state index contributed by atoms with van der Waals surface area (Å²) < 4.78 is 7.36. The summed E-state index contributed by atoms with van der Waals surface area (Å²) in [6, 6.07) is 13.3. The minimum atomic E-state index is -0.784. The number of likely N-dealkylation sites (tertiary alicyclic amines) is 1. The van der Waals surface area contributed by atoms with Gasteiger partial charge in [0.1, 0.15) is 0 Å². The highest BCUT2D eigenvalue weighted by atomic mass is 32.2. The fourth-order valence-corrected chi connectivity index (χ4v) is 4.19. The summed E-state index contributed by atoms with van der Waals surface area (Å²) in [6.45, 7) is 0.943. The van der Waals surface area contributed by atoms with Gasteiger partial charge in [-0.15, -0.1) is 10.2 Å². The molecule has 3 heterocycles. The highest BCUT2D eigenvalue weighted by Gasteiger charge is 2.27. The summed E-state index contributed by atoms with van der Waals surface area (Å²) in [7, 11) is 0. The van der Waals surface area contributed by atoms with Gasteiger partial charge in [0.15, 0.2) is 10.9 Å². The van der Waals surface area contributed by atoms with E-state index in [4.69, 9.17) is 9.52 Å². The normalized spacial score (nSPS) is 14.8. The van der Waals surface area contributed by atoms with E-state index in [1.807, 2.05) is 41.0 Å². The molecule has 0 unspecified atom stereocenters. The van der Waals surface area contributed by atoms with Crippen LogP contribution in [0, 0.1) is 5.92 Å². The molecule has 1 aromatic carbocycles. The van der Waals surface area contributed by atoms with Crippen molar-refractivity contribution in [3.05, 3.63) is 48.7 Å². The van der Waals surface area contributed by atoms with Crippen molar-refractivity contribution in [3.8, 4) is 17.3 Å². The van der Waals surface area contributed by atoms with Crippen LogP contribution >= 0.6 is 11.8 Å². The molecule has 0 spiro atoms. The summed E-state index contributed by atoms with van der Waals surface area (Å²) in [6.07, 6.45) is 2.57. The van der Waals surface area contributed by atoms with Crippen LogP contribution in [0.2, 0.25) is 0 Å². The molecule has 3 aromatic rings. The molecule has 1 amide bonds. The number of thioether (sulfide) groups is 1. The lowest BCUT2D eigenvalue weighted by atomic mass is 9.97. The van der Waals surface area contributed by atoms with Gasteiger partial charge in [0.05, 0.1) is 17.9 Å². The first-order chi connectivity index (χ1) is 14.1. The number of nitrogens with zero attached hydrogens (tertiary/aromatic N) is 4. The van der Waals surface area contributed by atoms with Crippen LogP contribution in [0.4, 0.5) is 0 Å². The highest BCUT2D eigenvalue weighted by molar-refractivity contribution is 7.99. The minimum Gasteiger partial charge on any atom is -0.481 e. The zero-order valence-corrected chi connectivity index (χ0v) is 16.4. The second-order valence-corrected chi connectivity index (χ2v) is 7.68. The number of carbonyl (C=O) groups excluding carboxylic acids is 1. The van der Waals surface area contributed by atoms with Gasteiger partial charge in [-0.05, 0) is 37.1 Å². The van der Waals surface area contributed by atoms with E-state index in [-0.39, 0.29) is 17.6 Å². The maximum absolute atomic E-state index is 12.6. The molecule has 1 N–H and O–H groups in total. The van der Waals surface area contributed by atoms with Crippen LogP contribution in [-0.2, 0) is 9.59 Å². The van der Waals surface area contributed by atoms with Crippen LogP contribution in [0.5, 0.6) is 0 Å². The quantitative estimate of drug-likeness (QED) is 0.621. The van der Waals surface area contributed by atoms with Crippen LogP contribution in [0.1, 0.15) is 12.8 Å². The molecule has 0 atom stereocenters. The number of aliphatic carboxylic acids is 1. The Bertz CT molecular complexity index is 979. The Hall–Kier alpha value is -3.07. The summed E-state index contributed by atoms with van der Waals surface area (Å²) in [5, 5.41) is 18.2. The predicted octanol–water partition coefficient (Wildman–Crippen LogP) is 2.94. The average Bonchev–Trinajstić information content (AvgIpc) is 3.42. The van der Waals surface area contributed by atoms with E-state index in [0.717, 1.165) is 5.69 Å². The molecule has 0 radical (unpaired) electrons. The average molecular weight is 412 g/mol. The highest BCUT2D eigenvalue weighted by Crippen LogP contribution is 2.28. The van der Waals surface area contributed by atoms with Gasteiger partial charge < -0.3 is 14.4 Å². The van der Waals surface area contributed by atoms with Gasteiger partial charge in [-0.2, -0.15) is 0 Å². The molecule has 150 valence electrons. The number of amides is 1. The molecule has 4 rings (SSSR count). The molecule has 1 aliphatic rings. The molecule has 8 nitrogen and oxygen atoms in total. The lowest BCUT2D eigenvalue weighted by molar-refractivity contribution is -0.145. The van der Waals surface area contributed by atoms with E-state index >= 15 is 0 Å². The first kappa shape index (κ1) is 19.3. The lowest BCUT2D eigenvalue weighted by Crippen LogP contribution is -2.41. The summed E-state index contributed by atoms with van der Waals surface area (Å²) in [4.78, 5) is 25.4. The van der Waals surface area contributed by atoms with Crippen molar-refractivity contribution >= 4 is 23.6 Å². The van der Waals surface area contributed by atoms with Crippen LogP contribution in [-0.4, -0.2) is 55.5 Å². The number of furan rings is 1. The van der Waals surface area contributed by atoms with Crippen molar-refractivity contribution in [2.75, 3.05) is 18.8 Å². The number of carbonyl (C=O) groups is 2. The molecular formula is C20H20N4O4S. The minimum absolute atomic E-state index is 0.0269. The number of piperidine rings is 1. The van der Waals surface area contributed by atoms with Crippen LogP contribution in [0.15, 0.2) is 58.3 Å². The zero-order valence-electron chi connectivity index (χ0n) is 15.6. The van der Waals surface area contributed by atoms with Crippen molar-refractivity contribution in [1.29, 1.82) is 0 Å². The number of aromatic nitrogens is 3. The van der Waals surface area contributed by atoms with Crippen molar-refractivity contribution in [2.24, 2.45) is 5.92 Å². The van der Waals surface area contributed by atoms with Gasteiger partial charge in [-0.3, -0.25) is 14.2 Å². The molecule has 29 heavy (non-hydrogen) atoms. The van der Waals surface area contributed by atoms with Crippen molar-refractivity contribution in [2.45, 2.75) is 18.0 Å². The number of carboxylic acids is 1. The standard InChI is InChI=1S/C20H20N4O4S/c25-17(23-10-8-14(9-11-23)19(26)27)13-29-20-22-21-18(16-7-4-12-28-16)24(20)15-5-2-1-3-6-15/h1-7,12,14H,8-11,13H2,(H,26,27). The fraction of sp³-hybridized carbons (Fsp3) is 0.300. The van der Waals surface area contributed by atoms with Gasteiger partial charge >= 0.3 is 5.97 Å². The third-order valence-corrected chi connectivity index (χ3v) is 5.82. The smallest absolute Gasteiger partial charge is 0.306 e. The Morgan fingerprint density at radius 1 is 1.10 bits per heavy atom. The van der Waals surface area contributed by atoms with E-state index in [1.165, 1.54) is 11.8 Å². The number of hydrogen-bond donors (Lipinski definition) is 1. The molecule has 2 aromatic heterocycles. The van der Waals surface area contributed by atoms with E-state index in [0.29, 0.717) is 42.7 Å². The second-order valence-electron chi connectivity index (χ2n) is 6.74. The van der Waals surface area contributed by atoms with E-state index < -0.39 is 5.97 Å². The maximum atomic E-state index is 12.6. The van der Waals surface area contributed by atoms with Gasteiger partial charge in [0.2, 0.25) is 11.7 Å². The van der Waals surface area contributed by atoms with E-state index in [2.05, 4.69) is 10.2 Å². The first-order valence-corrected chi connectivity index (χ1v) is 10.3. The third kappa shape index (κ3) is 4.19. The van der Waals surface area contributed by atoms with E-state index in [1.54, 1.807) is 17.2 Å². The molecule has 0 saturated carbocycles. The Morgan fingerprint density at radius 3 is 2.52 bits per heavy atom. The Balaban J connectivity index is 1.49. The maximum Gasteiger partial charge on any atom is 0.306 e. The Labute approximate surface area is 171 Å². The fourth-order valence-electron chi connectivity index (χ4n) is 3.33. The van der Waals surface area contributed by atoms with Crippen molar-refractivity contribution < 1.29 is 19.1 Å². The number of benzene rings is 1. The van der Waals surface area contributed by atoms with Crippen LogP contribution in [0.3, 0.4) is 0 Å². The third-order valence-electron chi connectivity index (χ3n) is 4.91. The van der Waals surface area contributed by atoms with E-state index in [9.17, 15) is 9.59 Å². The topological polar surface area (TPSA) is 101 Å². The summed E-state index contributed by atoms with van der Waals surface area (Å²) >= 11 is 1.31. The van der Waals surface area contributed by atoms with Gasteiger partial charge in [0, 0.05) is 18.8 Å². The number of hydrogen-bond acceptors (Lipinski definition) is 6. The second kappa shape index (κ2) is 8.52. The summed E-state index contributed by atoms with van der Waals surface area (Å²) in [5.41, 5.74) is 0.876. The SMILES string of the molecule is O=C(O)C1CCN(C(=O)CSc2nnc(-c3ccco3)n2-c2ccccc2)CC1. The molecular weight excluding hydrogens is 392 g/mol. The predicted molar refractivity (Wildman–Crippen MR) is 107 cm³/mol. The van der Waals surface area contributed by atoms with Crippen molar-refractivity contribution in [3.63, 3.8) is 0 Å². The Morgan fingerprint density at radius 2 is 1.86 bits per heavy atom. The van der Waals surface area contributed by atoms with Crippen LogP contribution in [0.25, 0.3) is 17.3 Å². The van der Waals surface area contributed by atoms with Crippen LogP contribution < -0.4 is 0 Å². The Kier molecular flexibility index (Phi) is 5.66. The first-order valence-electron chi connectivity index (χ1n) is 9.31. The molecule has 9 heteroatoms. The molecule has 1 fully saturated rings. The summed E-state index contributed by atoms with van der Waals surface area (Å²) in [5.74, 6) is 0.201. The molecule has 1 saturated heterocycles. The zero-order chi connectivity index (χ0) is 20.2. The molecule has 0 aliphatic carbocycles. The monoisotopic (exact) mass is 412 g/mol. The van der Waals surface area contributed by atoms with Gasteiger partial charge in [-0.1, -0.05) is 30.0 Å². The molecule has 1 aliphatic heterocycles. The number of carboxylic acid groups (broad SMARTS) is 1. The number of para-hydroxylation sites is 1. The molecule has 0 bridgehead atoms. The van der Waals surface area contributed by atoms with Gasteiger partial charge in [0.25, 0.3) is 0 Å². The van der Waals surface area contributed by atoms with Crippen molar-refractivity contribution in [1.82, 2.24) is 19.7 Å².